The molecule has 7 nitrogen and oxygen atoms in total. The van der Waals surface area contributed by atoms with Crippen molar-refractivity contribution in [1.82, 2.24) is 14.5 Å². The lowest BCUT2D eigenvalue weighted by Crippen LogP contribution is -2.66. The highest BCUT2D eigenvalue weighted by molar-refractivity contribution is 7.89. The van der Waals surface area contributed by atoms with Gasteiger partial charge >= 0.3 is 6.18 Å². The molecule has 0 radical (unpaired) electrons. The van der Waals surface area contributed by atoms with E-state index in [2.05, 4.69) is 5.32 Å². The molecule has 0 aromatic heterocycles. The van der Waals surface area contributed by atoms with Gasteiger partial charge in [0.2, 0.25) is 21.8 Å². The van der Waals surface area contributed by atoms with Crippen LogP contribution in [0.3, 0.4) is 0 Å². The zero-order valence-corrected chi connectivity index (χ0v) is 20.4. The molecule has 1 aliphatic heterocycles. The third-order valence-electron chi connectivity index (χ3n) is 8.28. The largest absolute Gasteiger partial charge is 0.416 e. The molecule has 35 heavy (non-hydrogen) atoms. The van der Waals surface area contributed by atoms with Gasteiger partial charge in [-0.3, -0.25) is 9.59 Å². The van der Waals surface area contributed by atoms with Crippen molar-refractivity contribution in [2.75, 3.05) is 26.2 Å². The number of carbonyl (C=O) groups excluding carboxylic acids is 2. The second-order valence-corrected chi connectivity index (χ2v) is 12.9. The van der Waals surface area contributed by atoms with Crippen LogP contribution in [0.2, 0.25) is 0 Å². The number of alkyl halides is 3. The van der Waals surface area contributed by atoms with Crippen LogP contribution in [0.25, 0.3) is 0 Å². The third kappa shape index (κ3) is 4.34. The van der Waals surface area contributed by atoms with E-state index >= 15 is 0 Å². The molecule has 2 amide bonds. The summed E-state index contributed by atoms with van der Waals surface area (Å²) in [4.78, 5) is 27.0. The van der Waals surface area contributed by atoms with E-state index < -0.39 is 32.1 Å². The molecular formula is C24H30F3N3O4S. The summed E-state index contributed by atoms with van der Waals surface area (Å²) in [6, 6.07) is 3.76. The van der Waals surface area contributed by atoms with Gasteiger partial charge in [0.1, 0.15) is 0 Å². The van der Waals surface area contributed by atoms with E-state index in [0.29, 0.717) is 24.3 Å². The molecule has 1 N–H and O–H groups in total. The minimum absolute atomic E-state index is 0.0254. The number of rotatable bonds is 4. The van der Waals surface area contributed by atoms with Crippen molar-refractivity contribution in [2.45, 2.75) is 62.1 Å². The van der Waals surface area contributed by atoms with E-state index in [1.54, 1.807) is 4.90 Å². The number of hydrogen-bond acceptors (Lipinski definition) is 4. The van der Waals surface area contributed by atoms with Crippen molar-refractivity contribution in [3.05, 3.63) is 29.8 Å². The number of amides is 2. The molecule has 1 aromatic rings. The van der Waals surface area contributed by atoms with Gasteiger partial charge in [-0.15, -0.1) is 0 Å². The summed E-state index contributed by atoms with van der Waals surface area (Å²) in [5, 5.41) is 3.15. The highest BCUT2D eigenvalue weighted by Gasteiger charge is 2.61. The lowest BCUT2D eigenvalue weighted by molar-refractivity contribution is -0.164. The molecule has 4 aliphatic carbocycles. The number of hydrogen-bond donors (Lipinski definition) is 1. The van der Waals surface area contributed by atoms with Gasteiger partial charge in [-0.2, -0.15) is 17.5 Å². The highest BCUT2D eigenvalue weighted by Crippen LogP contribution is 2.62. The minimum atomic E-state index is -4.64. The van der Waals surface area contributed by atoms with E-state index in [0.717, 1.165) is 48.5 Å². The maximum Gasteiger partial charge on any atom is 0.416 e. The van der Waals surface area contributed by atoms with Crippen molar-refractivity contribution in [3.63, 3.8) is 0 Å². The van der Waals surface area contributed by atoms with Crippen LogP contribution in [-0.4, -0.2) is 61.2 Å². The maximum atomic E-state index is 13.8. The molecule has 0 unspecified atom stereocenters. The Morgan fingerprint density at radius 1 is 1.03 bits per heavy atom. The summed E-state index contributed by atoms with van der Waals surface area (Å²) in [6.45, 7) is 1.97. The van der Waals surface area contributed by atoms with Crippen LogP contribution in [-0.2, 0) is 25.8 Å². The van der Waals surface area contributed by atoms with Gasteiger partial charge in [-0.25, -0.2) is 8.42 Å². The summed E-state index contributed by atoms with van der Waals surface area (Å²) >= 11 is 0. The quantitative estimate of drug-likeness (QED) is 0.671. The van der Waals surface area contributed by atoms with Gasteiger partial charge in [0, 0.05) is 38.6 Å². The Hall–Kier alpha value is -2.14. The van der Waals surface area contributed by atoms with Gasteiger partial charge in [0.25, 0.3) is 0 Å². The SMILES string of the molecule is CC(=O)NC12C[C@@H]3C[C@@H](C1)CC(C(=O)N1CCN(S(=O)(=O)c4cccc(C(F)(F)F)c4)CC1)(C3)C2. The molecule has 1 saturated heterocycles. The lowest BCUT2D eigenvalue weighted by Gasteiger charge is -2.62. The predicted molar refractivity (Wildman–Crippen MR) is 120 cm³/mol. The number of nitrogens with one attached hydrogen (secondary N) is 1. The molecule has 11 heteroatoms. The molecule has 5 aliphatic rings. The first-order valence-corrected chi connectivity index (χ1v) is 13.5. The van der Waals surface area contributed by atoms with E-state index in [1.807, 2.05) is 0 Å². The number of sulfonamides is 1. The zero-order valence-electron chi connectivity index (χ0n) is 19.6. The average Bonchev–Trinajstić information content (AvgIpc) is 2.76. The van der Waals surface area contributed by atoms with E-state index in [-0.39, 0.29) is 43.5 Å². The molecular weight excluding hydrogens is 483 g/mol. The Morgan fingerprint density at radius 2 is 1.66 bits per heavy atom. The van der Waals surface area contributed by atoms with Gasteiger partial charge in [0.05, 0.1) is 15.9 Å². The minimum Gasteiger partial charge on any atom is -0.351 e. The first kappa shape index (κ1) is 24.5. The Balaban J connectivity index is 1.29. The summed E-state index contributed by atoms with van der Waals surface area (Å²) in [5.41, 5.74) is -1.88. The summed E-state index contributed by atoms with van der Waals surface area (Å²) in [6.07, 6.45) is 0.470. The van der Waals surface area contributed by atoms with Crippen LogP contribution < -0.4 is 5.32 Å². The van der Waals surface area contributed by atoms with Gasteiger partial charge < -0.3 is 10.2 Å². The first-order chi connectivity index (χ1) is 16.3. The average molecular weight is 514 g/mol. The lowest BCUT2D eigenvalue weighted by atomic mass is 9.46. The fourth-order valence-corrected chi connectivity index (χ4v) is 8.95. The van der Waals surface area contributed by atoms with Crippen LogP contribution in [0, 0.1) is 17.3 Å². The van der Waals surface area contributed by atoms with E-state index in [4.69, 9.17) is 0 Å². The van der Waals surface area contributed by atoms with Crippen LogP contribution in [0.4, 0.5) is 13.2 Å². The second-order valence-electron chi connectivity index (χ2n) is 10.9. The Labute approximate surface area is 203 Å². The molecule has 5 fully saturated rings. The Morgan fingerprint density at radius 3 is 2.23 bits per heavy atom. The third-order valence-corrected chi connectivity index (χ3v) is 10.2. The second kappa shape index (κ2) is 8.19. The number of benzene rings is 1. The molecule has 192 valence electrons. The van der Waals surface area contributed by atoms with Crippen LogP contribution >= 0.6 is 0 Å². The predicted octanol–water partition coefficient (Wildman–Crippen LogP) is 3.01. The molecule has 4 saturated carbocycles. The van der Waals surface area contributed by atoms with Gasteiger partial charge in [0.15, 0.2) is 0 Å². The van der Waals surface area contributed by atoms with E-state index in [9.17, 15) is 31.2 Å². The number of piperazine rings is 1. The fourth-order valence-electron chi connectivity index (χ4n) is 7.48. The fraction of sp³-hybridized carbons (Fsp3) is 0.667. The number of nitrogens with zero attached hydrogens (tertiary/aromatic N) is 2. The number of halogens is 3. The molecule has 1 aromatic carbocycles. The number of carbonyl (C=O) groups is 2. The van der Waals surface area contributed by atoms with Crippen LogP contribution in [0.5, 0.6) is 0 Å². The van der Waals surface area contributed by atoms with Crippen molar-refractivity contribution >= 4 is 21.8 Å². The summed E-state index contributed by atoms with van der Waals surface area (Å²) < 4.78 is 66.4. The molecule has 0 spiro atoms. The van der Waals surface area contributed by atoms with Crippen molar-refractivity contribution in [2.24, 2.45) is 17.3 Å². The molecule has 6 rings (SSSR count). The topological polar surface area (TPSA) is 86.8 Å². The molecule has 1 heterocycles. The normalized spacial score (nSPS) is 33.1. The Bertz CT molecular complexity index is 1130. The Kier molecular flexibility index (Phi) is 5.75. The smallest absolute Gasteiger partial charge is 0.351 e. The van der Waals surface area contributed by atoms with Gasteiger partial charge in [-0.1, -0.05) is 6.07 Å². The van der Waals surface area contributed by atoms with Crippen molar-refractivity contribution < 1.29 is 31.2 Å². The van der Waals surface area contributed by atoms with Crippen LogP contribution in [0.15, 0.2) is 29.2 Å². The highest BCUT2D eigenvalue weighted by atomic mass is 32.2. The summed E-state index contributed by atoms with van der Waals surface area (Å²) in [7, 11) is -4.11. The van der Waals surface area contributed by atoms with E-state index in [1.165, 1.54) is 13.0 Å². The maximum absolute atomic E-state index is 13.8. The first-order valence-electron chi connectivity index (χ1n) is 12.1. The molecule has 2 atom stereocenters. The monoisotopic (exact) mass is 513 g/mol. The zero-order chi connectivity index (χ0) is 25.2. The van der Waals surface area contributed by atoms with Crippen molar-refractivity contribution in [1.29, 1.82) is 0 Å². The standard InChI is InChI=1S/C24H30F3N3O4S/c1-16(31)28-23-13-17-9-18(14-23)12-22(11-17,15-23)21(32)29-5-7-30(8-6-29)35(33,34)20-4-2-3-19(10-20)24(25,26)27/h2-4,10,17-18H,5-9,11-15H2,1H3,(H,28,31)/t17-,18-,22?,23?/m1/s1. The molecule has 4 bridgehead atoms. The van der Waals surface area contributed by atoms with Crippen LogP contribution in [0.1, 0.15) is 51.0 Å². The van der Waals surface area contributed by atoms with Crippen molar-refractivity contribution in [3.8, 4) is 0 Å². The van der Waals surface area contributed by atoms with Gasteiger partial charge in [-0.05, 0) is 68.6 Å². The summed E-state index contributed by atoms with van der Waals surface area (Å²) in [5.74, 6) is 0.740.